The van der Waals surface area contributed by atoms with Crippen LogP contribution in [0.2, 0.25) is 0 Å². The quantitative estimate of drug-likeness (QED) is 0.488. The Morgan fingerprint density at radius 2 is 1.83 bits per heavy atom. The van der Waals surface area contributed by atoms with E-state index in [2.05, 4.69) is 5.32 Å². The van der Waals surface area contributed by atoms with E-state index >= 15 is 0 Å². The molecule has 0 atom stereocenters. The van der Waals surface area contributed by atoms with Crippen molar-refractivity contribution in [1.29, 1.82) is 0 Å². The van der Waals surface area contributed by atoms with Gasteiger partial charge in [-0.25, -0.2) is 9.59 Å². The Kier molecular flexibility index (Phi) is 5.92. The summed E-state index contributed by atoms with van der Waals surface area (Å²) in [7, 11) is 0. The van der Waals surface area contributed by atoms with Gasteiger partial charge in [-0.3, -0.25) is 4.79 Å². The zero-order chi connectivity index (χ0) is 21.3. The lowest BCUT2D eigenvalue weighted by atomic mass is 9.89. The number of carbonyl (C=O) groups is 3. The summed E-state index contributed by atoms with van der Waals surface area (Å²) in [5.41, 5.74) is 0.554. The van der Waals surface area contributed by atoms with Gasteiger partial charge in [0, 0.05) is 22.2 Å². The van der Waals surface area contributed by atoms with E-state index in [0.717, 1.165) is 39.0 Å². The molecule has 1 aliphatic rings. The fourth-order valence-electron chi connectivity index (χ4n) is 3.85. The molecule has 4 rings (SSSR count). The van der Waals surface area contributed by atoms with Gasteiger partial charge in [0.1, 0.15) is 0 Å². The van der Waals surface area contributed by atoms with E-state index in [1.165, 1.54) is 30.6 Å². The molecule has 7 nitrogen and oxygen atoms in total. The molecular formula is C21H21NO6S2. The maximum absolute atomic E-state index is 12.6. The van der Waals surface area contributed by atoms with Crippen molar-refractivity contribution in [3.8, 4) is 5.75 Å². The molecule has 0 bridgehead atoms. The minimum absolute atomic E-state index is 0.0197. The second-order valence-corrected chi connectivity index (χ2v) is 9.51. The lowest BCUT2D eigenvalue weighted by Gasteiger charge is -2.21. The van der Waals surface area contributed by atoms with Crippen molar-refractivity contribution in [2.75, 3.05) is 13.2 Å². The number of hydrogen-bond acceptors (Lipinski definition) is 6. The van der Waals surface area contributed by atoms with Crippen LogP contribution in [0.15, 0.2) is 18.2 Å². The highest BCUT2D eigenvalue weighted by Crippen LogP contribution is 2.47. The third-order valence-corrected chi connectivity index (χ3v) is 7.81. The topological polar surface area (TPSA) is 113 Å². The molecule has 9 heteroatoms. The maximum atomic E-state index is 12.6. The number of carbonyl (C=O) groups excluding carboxylic acids is 1. The van der Waals surface area contributed by atoms with Crippen LogP contribution in [0, 0.1) is 5.92 Å². The Morgan fingerprint density at radius 1 is 1.07 bits per heavy atom. The Balaban J connectivity index is 1.61. The van der Waals surface area contributed by atoms with Crippen molar-refractivity contribution in [3.63, 3.8) is 0 Å². The molecule has 1 aliphatic carbocycles. The average molecular weight is 448 g/mol. The predicted molar refractivity (Wildman–Crippen MR) is 116 cm³/mol. The lowest BCUT2D eigenvalue weighted by Crippen LogP contribution is -2.30. The summed E-state index contributed by atoms with van der Waals surface area (Å²) in [4.78, 5) is 35.0. The molecule has 0 aliphatic heterocycles. The van der Waals surface area contributed by atoms with Gasteiger partial charge in [-0.05, 0) is 30.9 Å². The highest BCUT2D eigenvalue weighted by Gasteiger charge is 2.24. The van der Waals surface area contributed by atoms with E-state index in [9.17, 15) is 19.5 Å². The Hall–Kier alpha value is -2.65. The third kappa shape index (κ3) is 4.13. The highest BCUT2D eigenvalue weighted by atomic mass is 32.1. The molecule has 0 unspecified atom stereocenters. The van der Waals surface area contributed by atoms with Gasteiger partial charge in [-0.1, -0.05) is 25.3 Å². The van der Waals surface area contributed by atoms with Crippen LogP contribution < -0.4 is 10.1 Å². The minimum atomic E-state index is -1.18. The highest BCUT2D eigenvalue weighted by molar-refractivity contribution is 7.34. The molecule has 1 saturated carbocycles. The molecule has 2 aromatic heterocycles. The summed E-state index contributed by atoms with van der Waals surface area (Å²) < 4.78 is 7.43. The van der Waals surface area contributed by atoms with Gasteiger partial charge >= 0.3 is 11.9 Å². The van der Waals surface area contributed by atoms with Crippen LogP contribution in [0.25, 0.3) is 19.5 Å². The van der Waals surface area contributed by atoms with Gasteiger partial charge in [0.25, 0.3) is 5.91 Å². The van der Waals surface area contributed by atoms with Crippen molar-refractivity contribution < 1.29 is 29.3 Å². The molecule has 0 radical (unpaired) electrons. The van der Waals surface area contributed by atoms with Crippen molar-refractivity contribution >= 4 is 60.0 Å². The Morgan fingerprint density at radius 3 is 2.53 bits per heavy atom. The fraction of sp³-hybridized carbons (Fsp3) is 0.381. The van der Waals surface area contributed by atoms with E-state index in [1.54, 1.807) is 12.1 Å². The number of amides is 1. The zero-order valence-corrected chi connectivity index (χ0v) is 17.7. The minimum Gasteiger partial charge on any atom is -0.479 e. The summed E-state index contributed by atoms with van der Waals surface area (Å²) >= 11 is 2.36. The molecule has 1 aromatic carbocycles. The van der Waals surface area contributed by atoms with Crippen LogP contribution in [0.1, 0.15) is 52.1 Å². The molecule has 0 spiro atoms. The predicted octanol–water partition coefficient (Wildman–Crippen LogP) is 4.59. The number of carboxylic acid groups (broad SMARTS) is 2. The van der Waals surface area contributed by atoms with E-state index in [-0.39, 0.29) is 16.5 Å². The van der Waals surface area contributed by atoms with E-state index in [4.69, 9.17) is 9.84 Å². The Labute approximate surface area is 180 Å². The number of aliphatic carboxylic acids is 1. The van der Waals surface area contributed by atoms with Gasteiger partial charge in [0.05, 0.1) is 9.40 Å². The molecule has 2 heterocycles. The summed E-state index contributed by atoms with van der Waals surface area (Å²) in [5, 5.41) is 22.2. The summed E-state index contributed by atoms with van der Waals surface area (Å²) in [6.45, 7) is 0.0702. The molecule has 3 N–H and O–H groups in total. The molecule has 158 valence electrons. The SMILES string of the molecule is O=C(O)COc1c(C(=O)O)sc2c1sc1cc(C(=O)NCC3CCCCC3)ccc12. The Bertz CT molecular complexity index is 1130. The van der Waals surface area contributed by atoms with Gasteiger partial charge in [-0.2, -0.15) is 0 Å². The lowest BCUT2D eigenvalue weighted by molar-refractivity contribution is -0.139. The van der Waals surface area contributed by atoms with Crippen LogP contribution in [0.4, 0.5) is 0 Å². The van der Waals surface area contributed by atoms with E-state index in [0.29, 0.717) is 22.7 Å². The summed E-state index contributed by atoms with van der Waals surface area (Å²) in [6.07, 6.45) is 6.04. The number of benzene rings is 1. The standard InChI is InChI=1S/C21H21NO6S2/c23-15(24)10-28-16-18-17(30-19(16)21(26)27)13-7-6-12(8-14(13)29-18)20(25)22-9-11-4-2-1-3-5-11/h6-8,11H,1-5,9-10H2,(H,22,25)(H,23,24)(H,26,27). The average Bonchev–Trinajstić information content (AvgIpc) is 3.26. The first-order chi connectivity index (χ1) is 14.4. The number of rotatable bonds is 7. The van der Waals surface area contributed by atoms with E-state index < -0.39 is 18.5 Å². The fourth-order valence-corrected chi connectivity index (χ4v) is 6.39. The van der Waals surface area contributed by atoms with Crippen LogP contribution >= 0.6 is 22.7 Å². The number of hydrogen-bond donors (Lipinski definition) is 3. The van der Waals surface area contributed by atoms with Crippen molar-refractivity contribution in [2.45, 2.75) is 32.1 Å². The van der Waals surface area contributed by atoms with E-state index in [1.807, 2.05) is 6.07 Å². The number of aromatic carboxylic acids is 1. The monoisotopic (exact) mass is 447 g/mol. The zero-order valence-electron chi connectivity index (χ0n) is 16.1. The number of carboxylic acids is 2. The molecule has 30 heavy (non-hydrogen) atoms. The smallest absolute Gasteiger partial charge is 0.349 e. The molecule has 1 amide bonds. The second-order valence-electron chi connectivity index (χ2n) is 7.43. The van der Waals surface area contributed by atoms with Crippen molar-refractivity contribution in [1.82, 2.24) is 5.32 Å². The van der Waals surface area contributed by atoms with Gasteiger partial charge in [0.15, 0.2) is 17.2 Å². The van der Waals surface area contributed by atoms with Crippen LogP contribution in [-0.2, 0) is 4.79 Å². The third-order valence-electron chi connectivity index (χ3n) is 5.33. The first-order valence-corrected chi connectivity index (χ1v) is 11.4. The van der Waals surface area contributed by atoms with Crippen LogP contribution in [-0.4, -0.2) is 41.2 Å². The number of thiophene rings is 2. The largest absolute Gasteiger partial charge is 0.479 e. The van der Waals surface area contributed by atoms with Crippen LogP contribution in [0.3, 0.4) is 0 Å². The summed E-state index contributed by atoms with van der Waals surface area (Å²) in [6, 6.07) is 5.35. The normalized spacial score (nSPS) is 14.8. The second kappa shape index (κ2) is 8.61. The molecule has 3 aromatic rings. The van der Waals surface area contributed by atoms with Gasteiger partial charge in [0.2, 0.25) is 0 Å². The number of ether oxygens (including phenoxy) is 1. The van der Waals surface area contributed by atoms with Crippen molar-refractivity contribution in [3.05, 3.63) is 28.6 Å². The molecule has 0 saturated heterocycles. The first-order valence-electron chi connectivity index (χ1n) is 9.79. The van der Waals surface area contributed by atoms with Crippen molar-refractivity contribution in [2.24, 2.45) is 5.92 Å². The number of nitrogens with one attached hydrogen (secondary N) is 1. The molecular weight excluding hydrogens is 426 g/mol. The van der Waals surface area contributed by atoms with Gasteiger partial charge in [-0.15, -0.1) is 22.7 Å². The molecule has 1 fully saturated rings. The summed E-state index contributed by atoms with van der Waals surface area (Å²) in [5.74, 6) is -1.83. The first kappa shape index (κ1) is 20.6. The maximum Gasteiger partial charge on any atom is 0.349 e. The van der Waals surface area contributed by atoms with Crippen LogP contribution in [0.5, 0.6) is 5.75 Å². The number of fused-ring (bicyclic) bond motifs is 3. The van der Waals surface area contributed by atoms with Gasteiger partial charge < -0.3 is 20.3 Å².